The summed E-state index contributed by atoms with van der Waals surface area (Å²) in [6.45, 7) is 2.61. The normalized spacial score (nSPS) is 9.67. The van der Waals surface area contributed by atoms with Crippen molar-refractivity contribution < 1.29 is 14.7 Å². The maximum Gasteiger partial charge on any atom is 0.265 e. The van der Waals surface area contributed by atoms with Crippen LogP contribution < -0.4 is 5.32 Å². The van der Waals surface area contributed by atoms with Crippen LogP contribution in [0.2, 0.25) is 0 Å². The fourth-order valence-electron chi connectivity index (χ4n) is 1.57. The number of amides is 2. The number of hydrogen-bond donors (Lipinski definition) is 2. The molecule has 5 nitrogen and oxygen atoms in total. The van der Waals surface area contributed by atoms with Crippen LogP contribution in [0.15, 0.2) is 11.4 Å². The minimum Gasteiger partial charge on any atom is -0.395 e. The highest BCUT2D eigenvalue weighted by Crippen LogP contribution is 2.17. The van der Waals surface area contributed by atoms with E-state index < -0.39 is 0 Å². The van der Waals surface area contributed by atoms with E-state index in [0.717, 1.165) is 6.42 Å². The predicted octanol–water partition coefficient (Wildman–Crippen LogP) is 1.08. The molecule has 21 heavy (non-hydrogen) atoms. The summed E-state index contributed by atoms with van der Waals surface area (Å²) in [7, 11) is 1.60. The number of thiophene rings is 1. The molecular formula is C15H20N2O3S. The highest BCUT2D eigenvalue weighted by atomic mass is 32.1. The van der Waals surface area contributed by atoms with E-state index in [1.807, 2.05) is 6.92 Å². The molecule has 114 valence electrons. The molecule has 0 saturated heterocycles. The predicted molar refractivity (Wildman–Crippen MR) is 83.2 cm³/mol. The first-order valence-electron chi connectivity index (χ1n) is 6.79. The second-order valence-corrected chi connectivity index (χ2v) is 5.37. The molecule has 1 aromatic rings. The van der Waals surface area contributed by atoms with Crippen molar-refractivity contribution in [2.45, 2.75) is 19.8 Å². The zero-order valence-corrected chi connectivity index (χ0v) is 13.1. The van der Waals surface area contributed by atoms with Crippen molar-refractivity contribution in [3.05, 3.63) is 21.9 Å². The standard InChI is InChI=1S/C15H20N2O3S/c1-3-8-16-13(19)11-17(2)15(20)14-12(7-10-21-14)6-4-5-9-18/h7,10,18H,3,5,8-9,11H2,1-2H3,(H,16,19). The molecule has 0 aliphatic rings. The Morgan fingerprint density at radius 1 is 1.48 bits per heavy atom. The molecule has 2 amide bonds. The number of carbonyl (C=O) groups excluding carboxylic acids is 2. The van der Waals surface area contributed by atoms with E-state index >= 15 is 0 Å². The van der Waals surface area contributed by atoms with Gasteiger partial charge in [-0.05, 0) is 17.9 Å². The smallest absolute Gasteiger partial charge is 0.265 e. The number of rotatable bonds is 6. The maximum atomic E-state index is 12.3. The highest BCUT2D eigenvalue weighted by Gasteiger charge is 2.18. The van der Waals surface area contributed by atoms with Crippen molar-refractivity contribution in [3.63, 3.8) is 0 Å². The second-order valence-electron chi connectivity index (χ2n) is 4.45. The van der Waals surface area contributed by atoms with Crippen molar-refractivity contribution in [1.29, 1.82) is 0 Å². The van der Waals surface area contributed by atoms with Crippen LogP contribution in [0.1, 0.15) is 35.0 Å². The zero-order chi connectivity index (χ0) is 15.7. The van der Waals surface area contributed by atoms with Crippen LogP contribution in [0, 0.1) is 11.8 Å². The van der Waals surface area contributed by atoms with Crippen LogP contribution in [0.3, 0.4) is 0 Å². The Kier molecular flexibility index (Phi) is 7.51. The van der Waals surface area contributed by atoms with E-state index in [4.69, 9.17) is 5.11 Å². The molecule has 0 aliphatic carbocycles. The lowest BCUT2D eigenvalue weighted by molar-refractivity contribution is -0.121. The summed E-state index contributed by atoms with van der Waals surface area (Å²) >= 11 is 1.30. The monoisotopic (exact) mass is 308 g/mol. The molecule has 1 heterocycles. The van der Waals surface area contributed by atoms with Crippen molar-refractivity contribution in [3.8, 4) is 11.8 Å². The molecule has 1 aromatic heterocycles. The molecule has 0 aromatic carbocycles. The minimum atomic E-state index is -0.218. The van der Waals surface area contributed by atoms with Gasteiger partial charge in [0.1, 0.15) is 4.88 Å². The number of nitrogens with zero attached hydrogens (tertiary/aromatic N) is 1. The number of aliphatic hydroxyl groups is 1. The number of nitrogens with one attached hydrogen (secondary N) is 1. The lowest BCUT2D eigenvalue weighted by atomic mass is 10.2. The third kappa shape index (κ3) is 5.58. The van der Waals surface area contributed by atoms with E-state index in [1.54, 1.807) is 18.5 Å². The number of hydrogen-bond acceptors (Lipinski definition) is 4. The maximum absolute atomic E-state index is 12.3. The molecule has 1 rings (SSSR count). The van der Waals surface area contributed by atoms with Gasteiger partial charge in [-0.25, -0.2) is 0 Å². The summed E-state index contributed by atoms with van der Waals surface area (Å²) < 4.78 is 0. The molecule has 0 spiro atoms. The van der Waals surface area contributed by atoms with Crippen LogP contribution in [-0.4, -0.2) is 48.6 Å². The Balaban J connectivity index is 2.69. The number of likely N-dealkylation sites (N-methyl/N-ethyl adjacent to an activating group) is 1. The number of aliphatic hydroxyl groups excluding tert-OH is 1. The van der Waals surface area contributed by atoms with Crippen LogP contribution in [0.25, 0.3) is 0 Å². The highest BCUT2D eigenvalue weighted by molar-refractivity contribution is 7.12. The van der Waals surface area contributed by atoms with Gasteiger partial charge in [0.25, 0.3) is 5.91 Å². The fourth-order valence-corrected chi connectivity index (χ4v) is 2.41. The largest absolute Gasteiger partial charge is 0.395 e. The van der Waals surface area contributed by atoms with E-state index in [2.05, 4.69) is 17.2 Å². The third-order valence-electron chi connectivity index (χ3n) is 2.62. The van der Waals surface area contributed by atoms with Crippen molar-refractivity contribution in [2.75, 3.05) is 26.7 Å². The first-order valence-corrected chi connectivity index (χ1v) is 7.67. The molecule has 2 N–H and O–H groups in total. The second kappa shape index (κ2) is 9.16. The zero-order valence-electron chi connectivity index (χ0n) is 12.3. The van der Waals surface area contributed by atoms with Gasteiger partial charge < -0.3 is 15.3 Å². The molecule has 0 atom stereocenters. The summed E-state index contributed by atoms with van der Waals surface area (Å²) in [5.41, 5.74) is 0.638. The van der Waals surface area contributed by atoms with Gasteiger partial charge in [-0.2, -0.15) is 0 Å². The van der Waals surface area contributed by atoms with Crippen LogP contribution in [0.4, 0.5) is 0 Å². The van der Waals surface area contributed by atoms with Gasteiger partial charge in [-0.15, -0.1) is 11.3 Å². The van der Waals surface area contributed by atoms with Crippen LogP contribution >= 0.6 is 11.3 Å². The molecular weight excluding hydrogens is 288 g/mol. The van der Waals surface area contributed by atoms with Gasteiger partial charge in [0, 0.05) is 25.6 Å². The van der Waals surface area contributed by atoms with E-state index in [9.17, 15) is 9.59 Å². The molecule has 0 fully saturated rings. The van der Waals surface area contributed by atoms with Gasteiger partial charge in [-0.3, -0.25) is 9.59 Å². The molecule has 0 bridgehead atoms. The molecule has 0 radical (unpaired) electrons. The average molecular weight is 308 g/mol. The van der Waals surface area contributed by atoms with Gasteiger partial charge in [0.2, 0.25) is 5.91 Å². The summed E-state index contributed by atoms with van der Waals surface area (Å²) in [6.07, 6.45) is 1.23. The van der Waals surface area contributed by atoms with E-state index in [1.165, 1.54) is 16.2 Å². The third-order valence-corrected chi connectivity index (χ3v) is 3.52. The fraction of sp³-hybridized carbons (Fsp3) is 0.467. The number of carbonyl (C=O) groups is 2. The first kappa shape index (κ1) is 17.2. The van der Waals surface area contributed by atoms with Gasteiger partial charge in [0.15, 0.2) is 0 Å². The van der Waals surface area contributed by atoms with Gasteiger partial charge in [0.05, 0.1) is 13.2 Å². The Morgan fingerprint density at radius 2 is 2.24 bits per heavy atom. The quantitative estimate of drug-likeness (QED) is 0.773. The average Bonchev–Trinajstić information content (AvgIpc) is 2.92. The summed E-state index contributed by atoms with van der Waals surface area (Å²) in [5, 5.41) is 13.2. The van der Waals surface area contributed by atoms with E-state index in [0.29, 0.717) is 23.4 Å². The van der Waals surface area contributed by atoms with Crippen LogP contribution in [-0.2, 0) is 4.79 Å². The molecule has 0 unspecified atom stereocenters. The lowest BCUT2D eigenvalue weighted by Crippen LogP contribution is -2.38. The van der Waals surface area contributed by atoms with Gasteiger partial charge >= 0.3 is 0 Å². The molecule has 0 saturated carbocycles. The SMILES string of the molecule is CCCNC(=O)CN(C)C(=O)c1sccc1C#CCCO. The Bertz CT molecular complexity index is 543. The topological polar surface area (TPSA) is 69.6 Å². The van der Waals surface area contributed by atoms with Crippen molar-refractivity contribution in [2.24, 2.45) is 0 Å². The summed E-state index contributed by atoms with van der Waals surface area (Å²) in [5.74, 6) is 5.28. The molecule has 0 aliphatic heterocycles. The van der Waals surface area contributed by atoms with E-state index in [-0.39, 0.29) is 25.0 Å². The lowest BCUT2D eigenvalue weighted by Gasteiger charge is -2.16. The Hall–Kier alpha value is -1.84. The van der Waals surface area contributed by atoms with Gasteiger partial charge in [-0.1, -0.05) is 18.8 Å². The van der Waals surface area contributed by atoms with Crippen LogP contribution in [0.5, 0.6) is 0 Å². The minimum absolute atomic E-state index is 0.00206. The summed E-state index contributed by atoms with van der Waals surface area (Å²) in [4.78, 5) is 25.8. The van der Waals surface area contributed by atoms with Crippen molar-refractivity contribution >= 4 is 23.2 Å². The Labute approximate surface area is 129 Å². The first-order chi connectivity index (χ1) is 10.1. The molecule has 6 heteroatoms. The van der Waals surface area contributed by atoms with Crippen molar-refractivity contribution in [1.82, 2.24) is 10.2 Å². The Morgan fingerprint density at radius 3 is 2.90 bits per heavy atom. The summed E-state index contributed by atoms with van der Waals surface area (Å²) in [6, 6.07) is 1.77.